The van der Waals surface area contributed by atoms with Gasteiger partial charge in [0.05, 0.1) is 0 Å². The molecule has 9 heavy (non-hydrogen) atoms. The van der Waals surface area contributed by atoms with E-state index < -0.39 is 0 Å². The Morgan fingerprint density at radius 2 is 1.67 bits per heavy atom. The summed E-state index contributed by atoms with van der Waals surface area (Å²) in [6.45, 7) is 8.11. The van der Waals surface area contributed by atoms with Crippen LogP contribution in [0.3, 0.4) is 0 Å². The van der Waals surface area contributed by atoms with Gasteiger partial charge in [-0.25, -0.2) is 0 Å². The molecule has 0 aromatic heterocycles. The van der Waals surface area contributed by atoms with Gasteiger partial charge in [-0.15, -0.1) is 12.6 Å². The number of hydrogen-bond donors (Lipinski definition) is 1. The average Bonchev–Trinajstić information content (AvgIpc) is 1.62. The van der Waals surface area contributed by atoms with Crippen LogP contribution in [0.25, 0.3) is 0 Å². The molecule has 0 amide bonds. The van der Waals surface area contributed by atoms with Crippen LogP contribution >= 0.6 is 24.2 Å². The zero-order chi connectivity index (χ0) is 7.65. The summed E-state index contributed by atoms with van der Waals surface area (Å²) in [5.41, 5.74) is 0.0922. The Kier molecular flexibility index (Phi) is 3.10. The third-order valence-electron chi connectivity index (χ3n) is 1.04. The molecule has 2 heteroatoms. The van der Waals surface area contributed by atoms with Crippen LogP contribution in [0, 0.1) is 5.41 Å². The summed E-state index contributed by atoms with van der Waals surface area (Å²) in [6.07, 6.45) is 0. The first-order valence-corrected chi connectivity index (χ1v) is 3.74. The predicted octanol–water partition coefficient (Wildman–Crippen LogP) is 3.43. The van der Waals surface area contributed by atoms with E-state index in [1.54, 1.807) is 0 Å². The van der Waals surface area contributed by atoms with Gasteiger partial charge in [-0.1, -0.05) is 32.4 Å². The fourth-order valence-corrected chi connectivity index (χ4v) is 0.800. The van der Waals surface area contributed by atoms with Crippen molar-refractivity contribution in [1.82, 2.24) is 0 Å². The van der Waals surface area contributed by atoms with E-state index in [0.29, 0.717) is 0 Å². The van der Waals surface area contributed by atoms with Gasteiger partial charge in [-0.2, -0.15) is 0 Å². The van der Waals surface area contributed by atoms with Gasteiger partial charge in [0.15, 0.2) is 0 Å². The van der Waals surface area contributed by atoms with Crippen molar-refractivity contribution in [2.75, 3.05) is 0 Å². The number of hydrogen-bond acceptors (Lipinski definition) is 1. The van der Waals surface area contributed by atoms with E-state index in [9.17, 15) is 0 Å². The Balaban J connectivity index is 4.40. The summed E-state index contributed by atoms with van der Waals surface area (Å²) in [6, 6.07) is 0. The molecule has 0 aliphatic heterocycles. The molecule has 0 heterocycles. The van der Waals surface area contributed by atoms with E-state index in [0.717, 1.165) is 9.94 Å². The molecular formula is C7H13ClS. The van der Waals surface area contributed by atoms with E-state index in [1.807, 2.05) is 6.92 Å². The maximum atomic E-state index is 5.72. The summed E-state index contributed by atoms with van der Waals surface area (Å²) in [4.78, 5) is 0.962. The van der Waals surface area contributed by atoms with Gasteiger partial charge in [0, 0.05) is 9.94 Å². The summed E-state index contributed by atoms with van der Waals surface area (Å²) < 4.78 is 0. The molecule has 0 aromatic carbocycles. The molecule has 0 radical (unpaired) electrons. The number of rotatable bonds is 0. The maximum absolute atomic E-state index is 5.72. The molecule has 0 aromatic rings. The molecule has 0 aliphatic rings. The SMILES string of the molecule is C/C(Cl)=C(\S)C(C)(C)C. The highest BCUT2D eigenvalue weighted by atomic mass is 35.5. The first kappa shape index (κ1) is 9.38. The lowest BCUT2D eigenvalue weighted by Crippen LogP contribution is -2.05. The van der Waals surface area contributed by atoms with Crippen molar-refractivity contribution >= 4 is 24.2 Å². The van der Waals surface area contributed by atoms with E-state index in [4.69, 9.17) is 11.6 Å². The molecule has 0 N–H and O–H groups in total. The molecule has 0 fully saturated rings. The van der Waals surface area contributed by atoms with Crippen molar-refractivity contribution in [3.05, 3.63) is 9.94 Å². The molecule has 54 valence electrons. The quantitative estimate of drug-likeness (QED) is 0.521. The van der Waals surface area contributed by atoms with E-state index >= 15 is 0 Å². The van der Waals surface area contributed by atoms with Crippen molar-refractivity contribution in [1.29, 1.82) is 0 Å². The standard InChI is InChI=1S/C7H13ClS/c1-5(8)6(9)7(2,3)4/h9H,1-4H3/b6-5+. The van der Waals surface area contributed by atoms with Gasteiger partial charge in [-0.05, 0) is 12.3 Å². The number of allylic oxidation sites excluding steroid dienone is 2. The lowest BCUT2D eigenvalue weighted by Gasteiger charge is -2.18. The fraction of sp³-hybridized carbons (Fsp3) is 0.714. The minimum Gasteiger partial charge on any atom is -0.146 e. The van der Waals surface area contributed by atoms with Gasteiger partial charge in [0.2, 0.25) is 0 Å². The first-order valence-electron chi connectivity index (χ1n) is 2.91. The van der Waals surface area contributed by atoms with Gasteiger partial charge >= 0.3 is 0 Å². The minimum absolute atomic E-state index is 0.0922. The van der Waals surface area contributed by atoms with E-state index in [2.05, 4.69) is 33.4 Å². The van der Waals surface area contributed by atoms with Gasteiger partial charge in [0.25, 0.3) is 0 Å². The zero-order valence-electron chi connectivity index (χ0n) is 6.33. The van der Waals surface area contributed by atoms with Crippen LogP contribution in [0.15, 0.2) is 9.94 Å². The molecule has 0 spiro atoms. The molecule has 0 aliphatic carbocycles. The highest BCUT2D eigenvalue weighted by Gasteiger charge is 2.14. The second-order valence-corrected chi connectivity index (χ2v) is 4.15. The molecule has 0 rings (SSSR count). The van der Waals surface area contributed by atoms with Crippen molar-refractivity contribution < 1.29 is 0 Å². The molecule has 0 saturated carbocycles. The Hall–Kier alpha value is 0.380. The highest BCUT2D eigenvalue weighted by Crippen LogP contribution is 2.31. The Morgan fingerprint density at radius 1 is 1.33 bits per heavy atom. The van der Waals surface area contributed by atoms with Crippen molar-refractivity contribution in [3.8, 4) is 0 Å². The summed E-state index contributed by atoms with van der Waals surface area (Å²) in [5, 5.41) is 0.783. The van der Waals surface area contributed by atoms with Crippen molar-refractivity contribution in [3.63, 3.8) is 0 Å². The van der Waals surface area contributed by atoms with Gasteiger partial charge < -0.3 is 0 Å². The van der Waals surface area contributed by atoms with Crippen LogP contribution in [0.5, 0.6) is 0 Å². The van der Waals surface area contributed by atoms with Crippen LogP contribution in [-0.4, -0.2) is 0 Å². The van der Waals surface area contributed by atoms with Crippen molar-refractivity contribution in [2.45, 2.75) is 27.7 Å². The van der Waals surface area contributed by atoms with Crippen LogP contribution in [-0.2, 0) is 0 Å². The smallest absolute Gasteiger partial charge is 0.0247 e. The highest BCUT2D eigenvalue weighted by molar-refractivity contribution is 7.84. The normalized spacial score (nSPS) is 15.3. The molecule has 0 atom stereocenters. The molecule has 0 saturated heterocycles. The second-order valence-electron chi connectivity index (χ2n) is 3.13. The molecule has 0 bridgehead atoms. The maximum Gasteiger partial charge on any atom is 0.0247 e. The van der Waals surface area contributed by atoms with Gasteiger partial charge in [-0.3, -0.25) is 0 Å². The topological polar surface area (TPSA) is 0 Å². The number of thiol groups is 1. The Labute approximate surface area is 67.7 Å². The van der Waals surface area contributed by atoms with E-state index in [1.165, 1.54) is 0 Å². The molecule has 0 unspecified atom stereocenters. The third kappa shape index (κ3) is 3.17. The summed E-state index contributed by atoms with van der Waals surface area (Å²) >= 11 is 9.97. The predicted molar refractivity (Wildman–Crippen MR) is 47.0 cm³/mol. The number of halogens is 1. The van der Waals surface area contributed by atoms with Crippen LogP contribution in [0.2, 0.25) is 0 Å². The Bertz CT molecular complexity index is 126. The summed E-state index contributed by atoms with van der Waals surface area (Å²) in [5.74, 6) is 0. The minimum atomic E-state index is 0.0922. The van der Waals surface area contributed by atoms with E-state index in [-0.39, 0.29) is 5.41 Å². The summed E-state index contributed by atoms with van der Waals surface area (Å²) in [7, 11) is 0. The lowest BCUT2D eigenvalue weighted by molar-refractivity contribution is 0.532. The monoisotopic (exact) mass is 164 g/mol. The fourth-order valence-electron chi connectivity index (χ4n) is 0.517. The average molecular weight is 165 g/mol. The van der Waals surface area contributed by atoms with Gasteiger partial charge in [0.1, 0.15) is 0 Å². The van der Waals surface area contributed by atoms with Crippen LogP contribution in [0.1, 0.15) is 27.7 Å². The lowest BCUT2D eigenvalue weighted by atomic mass is 9.96. The van der Waals surface area contributed by atoms with Crippen molar-refractivity contribution in [2.24, 2.45) is 5.41 Å². The Morgan fingerprint density at radius 3 is 1.67 bits per heavy atom. The zero-order valence-corrected chi connectivity index (χ0v) is 7.98. The molecule has 0 nitrogen and oxygen atoms in total. The first-order chi connectivity index (χ1) is 3.85. The molecular weight excluding hydrogens is 152 g/mol. The van der Waals surface area contributed by atoms with Crippen LogP contribution < -0.4 is 0 Å². The largest absolute Gasteiger partial charge is 0.146 e. The van der Waals surface area contributed by atoms with Crippen LogP contribution in [0.4, 0.5) is 0 Å². The third-order valence-corrected chi connectivity index (χ3v) is 2.36. The second kappa shape index (κ2) is 2.98.